The van der Waals surface area contributed by atoms with Crippen molar-refractivity contribution in [3.8, 4) is 0 Å². The molecule has 0 aromatic heterocycles. The molecule has 0 bridgehead atoms. The van der Waals surface area contributed by atoms with Crippen LogP contribution in [-0.2, 0) is 0 Å². The van der Waals surface area contributed by atoms with Crippen LogP contribution >= 0.6 is 0 Å². The number of para-hydroxylation sites is 1. The molecule has 0 heterocycles. The molecule has 5 nitrogen and oxygen atoms in total. The molecule has 3 aromatic rings. The van der Waals surface area contributed by atoms with Gasteiger partial charge in [-0.15, -0.1) is 0 Å². The molecule has 0 atom stereocenters. The number of carbonyl (C=O) groups excluding carboxylic acids is 2. The minimum atomic E-state index is -0.400. The number of benzene rings is 3. The van der Waals surface area contributed by atoms with E-state index in [1.165, 1.54) is 0 Å². The first-order valence-electron chi connectivity index (χ1n) is 8.90. The summed E-state index contributed by atoms with van der Waals surface area (Å²) in [6, 6.07) is 21.8. The maximum absolute atomic E-state index is 12.5. The molecule has 0 aliphatic heterocycles. The minimum Gasteiger partial charge on any atom is -0.321 e. The zero-order chi connectivity index (χ0) is 19.9. The third-order valence-corrected chi connectivity index (χ3v) is 4.19. The minimum absolute atomic E-state index is 0.275. The highest BCUT2D eigenvalue weighted by Gasteiger charge is 2.13. The normalized spacial score (nSPS) is 10.6. The molecule has 28 heavy (non-hydrogen) atoms. The fourth-order valence-corrected chi connectivity index (χ4v) is 2.57. The Labute approximate surface area is 164 Å². The molecule has 0 fully saturated rings. The lowest BCUT2D eigenvalue weighted by Gasteiger charge is -2.10. The average molecular weight is 371 g/mol. The van der Waals surface area contributed by atoms with E-state index < -0.39 is 5.91 Å². The Bertz CT molecular complexity index is 1010. The number of amides is 2. The predicted octanol–water partition coefficient (Wildman–Crippen LogP) is 4.32. The molecule has 140 valence electrons. The van der Waals surface area contributed by atoms with Crippen LogP contribution in [-0.4, -0.2) is 18.0 Å². The standard InChI is InChI=1S/C23H21N3O2/c1-16-7-11-18(12-8-16)15-24-26-23(28)20-5-3-4-6-21(20)25-22(27)19-13-9-17(2)10-14-19/h3-15H,1-2H3,(H,25,27)(H,26,28)/b24-15-. The third kappa shape index (κ3) is 4.92. The fraction of sp³-hybridized carbons (Fsp3) is 0.0870. The van der Waals surface area contributed by atoms with Gasteiger partial charge in [0.15, 0.2) is 0 Å². The van der Waals surface area contributed by atoms with E-state index in [9.17, 15) is 9.59 Å². The molecule has 0 saturated carbocycles. The van der Waals surface area contributed by atoms with Gasteiger partial charge in [-0.1, -0.05) is 59.7 Å². The summed E-state index contributed by atoms with van der Waals surface area (Å²) in [5.41, 5.74) is 6.90. The van der Waals surface area contributed by atoms with Gasteiger partial charge in [-0.05, 0) is 43.7 Å². The van der Waals surface area contributed by atoms with Crippen LogP contribution in [0.1, 0.15) is 37.4 Å². The summed E-state index contributed by atoms with van der Waals surface area (Å²) in [7, 11) is 0. The molecule has 0 aliphatic rings. The number of nitrogens with zero attached hydrogens (tertiary/aromatic N) is 1. The molecular formula is C23H21N3O2. The van der Waals surface area contributed by atoms with Crippen LogP contribution in [0.4, 0.5) is 5.69 Å². The van der Waals surface area contributed by atoms with Crippen LogP contribution in [0.3, 0.4) is 0 Å². The van der Waals surface area contributed by atoms with Crippen molar-refractivity contribution in [2.24, 2.45) is 5.10 Å². The van der Waals surface area contributed by atoms with Gasteiger partial charge in [0.2, 0.25) is 0 Å². The van der Waals surface area contributed by atoms with Gasteiger partial charge in [0.05, 0.1) is 17.5 Å². The van der Waals surface area contributed by atoms with E-state index >= 15 is 0 Å². The second-order valence-corrected chi connectivity index (χ2v) is 6.48. The number of hydrazone groups is 1. The third-order valence-electron chi connectivity index (χ3n) is 4.19. The SMILES string of the molecule is Cc1ccc(/C=N\NC(=O)c2ccccc2NC(=O)c2ccc(C)cc2)cc1. The van der Waals surface area contributed by atoms with Crippen molar-refractivity contribution in [3.05, 3.63) is 101 Å². The summed E-state index contributed by atoms with van der Waals surface area (Å²) < 4.78 is 0. The van der Waals surface area contributed by atoms with Gasteiger partial charge in [-0.2, -0.15) is 5.10 Å². The molecule has 0 unspecified atom stereocenters. The van der Waals surface area contributed by atoms with Gasteiger partial charge in [0.1, 0.15) is 0 Å². The van der Waals surface area contributed by atoms with E-state index in [1.807, 2.05) is 50.2 Å². The van der Waals surface area contributed by atoms with E-state index in [1.54, 1.807) is 42.6 Å². The zero-order valence-corrected chi connectivity index (χ0v) is 15.8. The van der Waals surface area contributed by atoms with Crippen molar-refractivity contribution in [1.29, 1.82) is 0 Å². The Hall–Kier alpha value is -3.73. The smallest absolute Gasteiger partial charge is 0.273 e. The Balaban J connectivity index is 1.70. The fourth-order valence-electron chi connectivity index (χ4n) is 2.57. The van der Waals surface area contributed by atoms with Gasteiger partial charge in [0, 0.05) is 5.56 Å². The monoisotopic (exact) mass is 371 g/mol. The first-order chi connectivity index (χ1) is 13.5. The first-order valence-corrected chi connectivity index (χ1v) is 8.90. The number of hydrogen-bond acceptors (Lipinski definition) is 3. The molecule has 5 heteroatoms. The van der Waals surface area contributed by atoms with E-state index in [2.05, 4.69) is 15.8 Å². The summed E-state index contributed by atoms with van der Waals surface area (Å²) in [6.45, 7) is 3.96. The van der Waals surface area contributed by atoms with Crippen molar-refractivity contribution in [2.45, 2.75) is 13.8 Å². The lowest BCUT2D eigenvalue weighted by atomic mass is 10.1. The quantitative estimate of drug-likeness (QED) is 0.518. The molecule has 2 N–H and O–H groups in total. The number of hydrogen-bond donors (Lipinski definition) is 2. The summed E-state index contributed by atoms with van der Waals surface area (Å²) >= 11 is 0. The Kier molecular flexibility index (Phi) is 5.97. The Morgan fingerprint density at radius 2 is 1.39 bits per heavy atom. The van der Waals surface area contributed by atoms with Crippen molar-refractivity contribution < 1.29 is 9.59 Å². The Morgan fingerprint density at radius 1 is 0.786 bits per heavy atom. The summed E-state index contributed by atoms with van der Waals surface area (Å²) in [4.78, 5) is 25.0. The summed E-state index contributed by atoms with van der Waals surface area (Å²) in [6.07, 6.45) is 1.57. The highest BCUT2D eigenvalue weighted by atomic mass is 16.2. The number of nitrogens with one attached hydrogen (secondary N) is 2. The lowest BCUT2D eigenvalue weighted by Crippen LogP contribution is -2.21. The van der Waals surface area contributed by atoms with Gasteiger partial charge >= 0.3 is 0 Å². The molecular weight excluding hydrogens is 350 g/mol. The number of anilines is 1. The number of rotatable bonds is 5. The predicted molar refractivity (Wildman–Crippen MR) is 112 cm³/mol. The maximum Gasteiger partial charge on any atom is 0.273 e. The topological polar surface area (TPSA) is 70.6 Å². The van der Waals surface area contributed by atoms with Crippen molar-refractivity contribution in [2.75, 3.05) is 5.32 Å². The first kappa shape index (κ1) is 19.0. The van der Waals surface area contributed by atoms with Gasteiger partial charge in [-0.3, -0.25) is 9.59 Å². The molecule has 0 spiro atoms. The van der Waals surface area contributed by atoms with Gasteiger partial charge in [-0.25, -0.2) is 5.43 Å². The molecule has 2 amide bonds. The second kappa shape index (κ2) is 8.77. The van der Waals surface area contributed by atoms with Crippen LogP contribution in [0.2, 0.25) is 0 Å². The zero-order valence-electron chi connectivity index (χ0n) is 15.8. The number of carbonyl (C=O) groups is 2. The van der Waals surface area contributed by atoms with Crippen molar-refractivity contribution >= 4 is 23.7 Å². The molecule has 0 aliphatic carbocycles. The molecule has 0 saturated heterocycles. The molecule has 3 aromatic carbocycles. The Morgan fingerprint density at radius 3 is 2.07 bits per heavy atom. The summed E-state index contributed by atoms with van der Waals surface area (Å²) in [5, 5.41) is 6.79. The van der Waals surface area contributed by atoms with Crippen molar-refractivity contribution in [3.63, 3.8) is 0 Å². The summed E-state index contributed by atoms with van der Waals surface area (Å²) in [5.74, 6) is -0.674. The van der Waals surface area contributed by atoms with Crippen molar-refractivity contribution in [1.82, 2.24) is 5.43 Å². The largest absolute Gasteiger partial charge is 0.321 e. The van der Waals surface area contributed by atoms with E-state index in [4.69, 9.17) is 0 Å². The maximum atomic E-state index is 12.5. The van der Waals surface area contributed by atoms with E-state index in [0.29, 0.717) is 16.8 Å². The van der Waals surface area contributed by atoms with E-state index in [-0.39, 0.29) is 5.91 Å². The van der Waals surface area contributed by atoms with Crippen LogP contribution in [0.5, 0.6) is 0 Å². The van der Waals surface area contributed by atoms with Crippen LogP contribution in [0, 0.1) is 13.8 Å². The van der Waals surface area contributed by atoms with E-state index in [0.717, 1.165) is 16.7 Å². The van der Waals surface area contributed by atoms with Gasteiger partial charge in [0.25, 0.3) is 11.8 Å². The number of aryl methyl sites for hydroxylation is 2. The van der Waals surface area contributed by atoms with Gasteiger partial charge < -0.3 is 5.32 Å². The highest BCUT2D eigenvalue weighted by Crippen LogP contribution is 2.16. The highest BCUT2D eigenvalue weighted by molar-refractivity contribution is 6.09. The second-order valence-electron chi connectivity index (χ2n) is 6.48. The molecule has 0 radical (unpaired) electrons. The average Bonchev–Trinajstić information content (AvgIpc) is 2.70. The lowest BCUT2D eigenvalue weighted by molar-refractivity contribution is 0.0956. The van der Waals surface area contributed by atoms with Crippen LogP contribution < -0.4 is 10.7 Å². The molecule has 3 rings (SSSR count). The van der Waals surface area contributed by atoms with Crippen LogP contribution in [0.25, 0.3) is 0 Å². The van der Waals surface area contributed by atoms with Crippen LogP contribution in [0.15, 0.2) is 77.9 Å².